The Hall–Kier alpha value is -0.510. The molecule has 0 nitrogen and oxygen atoms in total. The van der Waals surface area contributed by atoms with Crippen molar-refractivity contribution in [2.75, 3.05) is 0 Å². The third-order valence-electron chi connectivity index (χ3n) is 2.56. The molecule has 1 aromatic rings. The molecule has 0 aromatic heterocycles. The van der Waals surface area contributed by atoms with E-state index in [1.165, 1.54) is 0 Å². The van der Waals surface area contributed by atoms with Crippen LogP contribution in [-0.2, 0) is 0 Å². The van der Waals surface area contributed by atoms with Crippen molar-refractivity contribution < 1.29 is 13.2 Å². The van der Waals surface area contributed by atoms with Crippen molar-refractivity contribution in [3.63, 3.8) is 0 Å². The van der Waals surface area contributed by atoms with E-state index < -0.39 is 22.3 Å². The van der Waals surface area contributed by atoms with Gasteiger partial charge in [-0.25, -0.2) is 13.2 Å². The summed E-state index contributed by atoms with van der Waals surface area (Å²) in [7, 11) is 0. The van der Waals surface area contributed by atoms with Crippen molar-refractivity contribution in [1.29, 1.82) is 0 Å². The monoisotopic (exact) mass is 294 g/mol. The topological polar surface area (TPSA) is 0 Å². The van der Waals surface area contributed by atoms with Crippen LogP contribution in [0.5, 0.6) is 0 Å². The Morgan fingerprint density at radius 3 is 2.12 bits per heavy atom. The number of halogens is 4. The summed E-state index contributed by atoms with van der Waals surface area (Å²) in [6.45, 7) is 3.92. The zero-order chi connectivity index (χ0) is 12.3. The Balaban J connectivity index is 3.03. The summed E-state index contributed by atoms with van der Waals surface area (Å²) in [6, 6.07) is 1.43. The van der Waals surface area contributed by atoms with Gasteiger partial charge in [-0.1, -0.05) is 36.2 Å². The molecular formula is C12H14BrF3. The molecule has 1 rings (SSSR count). The zero-order valence-corrected chi connectivity index (χ0v) is 10.8. The fourth-order valence-corrected chi connectivity index (χ4v) is 2.40. The molecular weight excluding hydrogens is 281 g/mol. The highest BCUT2D eigenvalue weighted by Crippen LogP contribution is 2.36. The fourth-order valence-electron chi connectivity index (χ4n) is 1.70. The molecule has 0 fully saturated rings. The van der Waals surface area contributed by atoms with Crippen LogP contribution in [0.25, 0.3) is 0 Å². The van der Waals surface area contributed by atoms with Gasteiger partial charge in [0.2, 0.25) is 0 Å². The molecule has 0 N–H and O–H groups in total. The molecule has 0 spiro atoms. The van der Waals surface area contributed by atoms with Crippen LogP contribution in [0.2, 0.25) is 0 Å². The minimum absolute atomic E-state index is 0.0812. The molecule has 4 heteroatoms. The molecule has 0 radical (unpaired) electrons. The fraction of sp³-hybridized carbons (Fsp3) is 0.500. The summed E-state index contributed by atoms with van der Waals surface area (Å²) in [5.41, 5.74) is -0.0812. The quantitative estimate of drug-likeness (QED) is 0.687. The number of alkyl halides is 1. The molecule has 0 heterocycles. The highest BCUT2D eigenvalue weighted by Gasteiger charge is 2.23. The Morgan fingerprint density at radius 2 is 1.69 bits per heavy atom. The van der Waals surface area contributed by atoms with Crippen molar-refractivity contribution in [3.8, 4) is 0 Å². The van der Waals surface area contributed by atoms with E-state index in [-0.39, 0.29) is 11.5 Å². The summed E-state index contributed by atoms with van der Waals surface area (Å²) in [4.78, 5) is -0.423. The number of rotatable bonds is 4. The second-order valence-electron chi connectivity index (χ2n) is 3.95. The summed E-state index contributed by atoms with van der Waals surface area (Å²) < 4.78 is 39.6. The van der Waals surface area contributed by atoms with Crippen LogP contribution in [0.1, 0.15) is 37.1 Å². The van der Waals surface area contributed by atoms with Crippen molar-refractivity contribution in [3.05, 3.63) is 35.1 Å². The predicted octanol–water partition coefficient (Wildman–Crippen LogP) is 4.98. The van der Waals surface area contributed by atoms with Gasteiger partial charge in [0, 0.05) is 22.5 Å². The first-order chi connectivity index (χ1) is 7.47. The van der Waals surface area contributed by atoms with E-state index in [1.54, 1.807) is 0 Å². The SMILES string of the molecule is CCCC(C)C(Br)c1c(F)cc(F)cc1F. The molecule has 0 aliphatic heterocycles. The Bertz CT molecular complexity index is 342. The number of hydrogen-bond acceptors (Lipinski definition) is 0. The average Bonchev–Trinajstić information content (AvgIpc) is 2.16. The van der Waals surface area contributed by atoms with E-state index in [9.17, 15) is 13.2 Å². The van der Waals surface area contributed by atoms with Gasteiger partial charge in [-0.3, -0.25) is 0 Å². The summed E-state index contributed by atoms with van der Waals surface area (Å²) >= 11 is 3.28. The first kappa shape index (κ1) is 13.6. The largest absolute Gasteiger partial charge is 0.207 e. The smallest absolute Gasteiger partial charge is 0.133 e. The Kier molecular flexibility index (Phi) is 4.84. The van der Waals surface area contributed by atoms with E-state index in [4.69, 9.17) is 0 Å². The third kappa shape index (κ3) is 3.00. The molecule has 0 amide bonds. The minimum Gasteiger partial charge on any atom is -0.207 e. The molecule has 0 saturated carbocycles. The average molecular weight is 295 g/mol. The van der Waals surface area contributed by atoms with Crippen LogP contribution in [0.15, 0.2) is 12.1 Å². The van der Waals surface area contributed by atoms with Gasteiger partial charge < -0.3 is 0 Å². The van der Waals surface area contributed by atoms with Crippen LogP contribution >= 0.6 is 15.9 Å². The highest BCUT2D eigenvalue weighted by atomic mass is 79.9. The van der Waals surface area contributed by atoms with Gasteiger partial charge in [-0.2, -0.15) is 0 Å². The maximum atomic E-state index is 13.5. The maximum absolute atomic E-state index is 13.5. The number of hydrogen-bond donors (Lipinski definition) is 0. The van der Waals surface area contributed by atoms with Crippen LogP contribution < -0.4 is 0 Å². The second kappa shape index (κ2) is 5.71. The van der Waals surface area contributed by atoms with Gasteiger partial charge in [0.15, 0.2) is 0 Å². The molecule has 0 saturated heterocycles. The van der Waals surface area contributed by atoms with Crippen molar-refractivity contribution >= 4 is 15.9 Å². The highest BCUT2D eigenvalue weighted by molar-refractivity contribution is 9.09. The lowest BCUT2D eigenvalue weighted by molar-refractivity contribution is 0.468. The van der Waals surface area contributed by atoms with E-state index in [1.807, 2.05) is 13.8 Å². The molecule has 1 aromatic carbocycles. The Morgan fingerprint density at radius 1 is 1.19 bits per heavy atom. The van der Waals surface area contributed by atoms with Crippen LogP contribution in [0.4, 0.5) is 13.2 Å². The summed E-state index contributed by atoms with van der Waals surface area (Å²) in [5.74, 6) is -2.45. The molecule has 90 valence electrons. The van der Waals surface area contributed by atoms with Gasteiger partial charge in [-0.15, -0.1) is 0 Å². The summed E-state index contributed by atoms with van der Waals surface area (Å²) in [6.07, 6.45) is 1.79. The number of benzene rings is 1. The third-order valence-corrected chi connectivity index (χ3v) is 3.92. The van der Waals surface area contributed by atoms with Gasteiger partial charge >= 0.3 is 0 Å². The van der Waals surface area contributed by atoms with E-state index in [2.05, 4.69) is 15.9 Å². The Labute approximate surface area is 102 Å². The van der Waals surface area contributed by atoms with Crippen molar-refractivity contribution in [1.82, 2.24) is 0 Å². The minimum atomic E-state index is -0.887. The van der Waals surface area contributed by atoms with Crippen LogP contribution in [0.3, 0.4) is 0 Å². The molecule has 2 atom stereocenters. The maximum Gasteiger partial charge on any atom is 0.133 e. The lowest BCUT2D eigenvalue weighted by atomic mass is 9.96. The lowest BCUT2D eigenvalue weighted by Crippen LogP contribution is -2.08. The van der Waals surface area contributed by atoms with E-state index in [0.29, 0.717) is 12.1 Å². The van der Waals surface area contributed by atoms with E-state index in [0.717, 1.165) is 12.8 Å². The van der Waals surface area contributed by atoms with Gasteiger partial charge in [0.05, 0.1) is 0 Å². The predicted molar refractivity (Wildman–Crippen MR) is 62.1 cm³/mol. The lowest BCUT2D eigenvalue weighted by Gasteiger charge is -2.19. The first-order valence-electron chi connectivity index (χ1n) is 5.25. The second-order valence-corrected chi connectivity index (χ2v) is 4.94. The van der Waals surface area contributed by atoms with Gasteiger partial charge in [-0.05, 0) is 12.3 Å². The molecule has 0 aliphatic carbocycles. The zero-order valence-electron chi connectivity index (χ0n) is 9.24. The molecule has 16 heavy (non-hydrogen) atoms. The molecule has 0 bridgehead atoms. The first-order valence-corrected chi connectivity index (χ1v) is 6.17. The standard InChI is InChI=1S/C12H14BrF3/c1-3-4-7(2)12(13)11-9(15)5-8(14)6-10(11)16/h5-7,12H,3-4H2,1-2H3. The normalized spacial score (nSPS) is 14.9. The van der Waals surface area contributed by atoms with Crippen molar-refractivity contribution in [2.45, 2.75) is 31.5 Å². The van der Waals surface area contributed by atoms with Crippen molar-refractivity contribution in [2.24, 2.45) is 5.92 Å². The molecule has 0 aliphatic rings. The van der Waals surface area contributed by atoms with Gasteiger partial charge in [0.1, 0.15) is 17.5 Å². The van der Waals surface area contributed by atoms with Crippen LogP contribution in [-0.4, -0.2) is 0 Å². The van der Waals surface area contributed by atoms with Crippen LogP contribution in [0, 0.1) is 23.4 Å². The summed E-state index contributed by atoms with van der Waals surface area (Å²) in [5, 5.41) is 0. The van der Waals surface area contributed by atoms with E-state index >= 15 is 0 Å². The van der Waals surface area contributed by atoms with Gasteiger partial charge in [0.25, 0.3) is 0 Å². The molecule has 2 unspecified atom stereocenters.